The van der Waals surface area contributed by atoms with E-state index < -0.39 is 12.1 Å². The predicted octanol–water partition coefficient (Wildman–Crippen LogP) is 3.81. The molecule has 142 valence electrons. The molecule has 3 rings (SSSR count). The van der Waals surface area contributed by atoms with Gasteiger partial charge in [-0.2, -0.15) is 0 Å². The van der Waals surface area contributed by atoms with Gasteiger partial charge in [0.2, 0.25) is 0 Å². The molecule has 1 aromatic heterocycles. The summed E-state index contributed by atoms with van der Waals surface area (Å²) in [5, 5.41) is 0.491. The Morgan fingerprint density at radius 1 is 1.21 bits per heavy atom. The van der Waals surface area contributed by atoms with Crippen LogP contribution in [0.1, 0.15) is 24.4 Å². The van der Waals surface area contributed by atoms with E-state index in [1.165, 1.54) is 6.08 Å². The highest BCUT2D eigenvalue weighted by Gasteiger charge is 2.14. The summed E-state index contributed by atoms with van der Waals surface area (Å²) < 4.78 is 10.8. The molecule has 6 nitrogen and oxygen atoms in total. The van der Waals surface area contributed by atoms with Crippen LogP contribution in [0, 0.1) is 0 Å². The first kappa shape index (κ1) is 19.1. The van der Waals surface area contributed by atoms with E-state index in [0.29, 0.717) is 23.3 Å². The van der Waals surface area contributed by atoms with Gasteiger partial charge in [0, 0.05) is 6.08 Å². The van der Waals surface area contributed by atoms with Gasteiger partial charge in [0.15, 0.2) is 11.9 Å². The van der Waals surface area contributed by atoms with Crippen molar-refractivity contribution in [1.29, 1.82) is 0 Å². The Labute approximate surface area is 162 Å². The Morgan fingerprint density at radius 3 is 2.71 bits per heavy atom. The van der Waals surface area contributed by atoms with Gasteiger partial charge in [0.25, 0.3) is 5.56 Å². The molecule has 1 heterocycles. The number of carbonyl (C=O) groups is 1. The zero-order chi connectivity index (χ0) is 19.9. The first-order valence-corrected chi connectivity index (χ1v) is 8.78. The Kier molecular flexibility index (Phi) is 6.01. The van der Waals surface area contributed by atoms with E-state index in [1.807, 2.05) is 12.1 Å². The summed E-state index contributed by atoms with van der Waals surface area (Å²) in [6, 6.07) is 14.3. The van der Waals surface area contributed by atoms with Crippen molar-refractivity contribution in [2.75, 3.05) is 6.61 Å². The van der Waals surface area contributed by atoms with Crippen molar-refractivity contribution in [1.82, 2.24) is 9.97 Å². The standard InChI is InChI=1S/C22H20N2O4/c1-3-14-27-17-11-8-16(9-12-17)10-13-20(25)28-15(2)21-23-19-7-5-4-6-18(19)22(26)24-21/h3-13,15H,1,14H2,2H3,(H,23,24,26)/b13-10+/t15-/m1/s1. The van der Waals surface area contributed by atoms with Crippen LogP contribution in [0.15, 0.2) is 72.1 Å². The molecular weight excluding hydrogens is 356 g/mol. The lowest BCUT2D eigenvalue weighted by Crippen LogP contribution is -2.16. The van der Waals surface area contributed by atoms with Gasteiger partial charge in [-0.3, -0.25) is 4.79 Å². The molecule has 2 aromatic carbocycles. The number of hydrogen-bond donors (Lipinski definition) is 1. The van der Waals surface area contributed by atoms with Crippen molar-refractivity contribution in [2.24, 2.45) is 0 Å². The van der Waals surface area contributed by atoms with Crippen molar-refractivity contribution in [3.8, 4) is 5.75 Å². The molecular formula is C22H20N2O4. The van der Waals surface area contributed by atoms with Gasteiger partial charge >= 0.3 is 5.97 Å². The average molecular weight is 376 g/mol. The monoisotopic (exact) mass is 376 g/mol. The third-order valence-corrected chi connectivity index (χ3v) is 3.97. The lowest BCUT2D eigenvalue weighted by molar-refractivity contribution is -0.142. The Bertz CT molecular complexity index is 1070. The van der Waals surface area contributed by atoms with Crippen molar-refractivity contribution >= 4 is 22.9 Å². The lowest BCUT2D eigenvalue weighted by atomic mass is 10.2. The molecule has 0 aliphatic heterocycles. The average Bonchev–Trinajstić information content (AvgIpc) is 2.71. The quantitative estimate of drug-likeness (QED) is 0.385. The van der Waals surface area contributed by atoms with Crippen LogP contribution < -0.4 is 10.3 Å². The second-order valence-electron chi connectivity index (χ2n) is 6.05. The second-order valence-corrected chi connectivity index (χ2v) is 6.05. The fourth-order valence-corrected chi connectivity index (χ4v) is 2.56. The number of nitrogens with zero attached hydrogens (tertiary/aromatic N) is 1. The van der Waals surface area contributed by atoms with Crippen LogP contribution in [0.2, 0.25) is 0 Å². The molecule has 0 spiro atoms. The highest BCUT2D eigenvalue weighted by atomic mass is 16.5. The molecule has 6 heteroatoms. The van der Waals surface area contributed by atoms with E-state index >= 15 is 0 Å². The molecule has 1 N–H and O–H groups in total. The Morgan fingerprint density at radius 2 is 1.96 bits per heavy atom. The molecule has 0 radical (unpaired) electrons. The number of para-hydroxylation sites is 1. The maximum absolute atomic E-state index is 12.1. The van der Waals surface area contributed by atoms with Gasteiger partial charge in [-0.1, -0.05) is 36.9 Å². The number of carbonyl (C=O) groups excluding carboxylic acids is 1. The molecule has 0 aliphatic rings. The largest absolute Gasteiger partial charge is 0.490 e. The Balaban J connectivity index is 1.65. The van der Waals surface area contributed by atoms with Crippen LogP contribution in [0.25, 0.3) is 17.0 Å². The predicted molar refractivity (Wildman–Crippen MR) is 108 cm³/mol. The molecule has 3 aromatic rings. The van der Waals surface area contributed by atoms with Crippen LogP contribution >= 0.6 is 0 Å². The molecule has 0 aliphatic carbocycles. The maximum Gasteiger partial charge on any atom is 0.331 e. The SMILES string of the molecule is C=CCOc1ccc(/C=C/C(=O)O[C@H](C)c2nc3ccccc3c(=O)[nH]2)cc1. The molecule has 1 atom stereocenters. The number of aromatic nitrogens is 2. The van der Waals surface area contributed by atoms with Gasteiger partial charge in [0.1, 0.15) is 12.4 Å². The fourth-order valence-electron chi connectivity index (χ4n) is 2.56. The summed E-state index contributed by atoms with van der Waals surface area (Å²) in [6.07, 6.45) is 3.95. The lowest BCUT2D eigenvalue weighted by Gasteiger charge is -2.11. The topological polar surface area (TPSA) is 81.3 Å². The van der Waals surface area contributed by atoms with E-state index in [1.54, 1.807) is 55.5 Å². The zero-order valence-corrected chi connectivity index (χ0v) is 15.4. The van der Waals surface area contributed by atoms with Crippen molar-refractivity contribution in [3.05, 3.63) is 89.0 Å². The Hall–Kier alpha value is -3.67. The second kappa shape index (κ2) is 8.81. The number of esters is 1. The number of H-pyrrole nitrogens is 1. The minimum atomic E-state index is -0.691. The summed E-state index contributed by atoms with van der Waals surface area (Å²) >= 11 is 0. The van der Waals surface area contributed by atoms with Gasteiger partial charge < -0.3 is 14.5 Å². The molecule has 0 fully saturated rings. The normalized spacial score (nSPS) is 12.0. The van der Waals surface area contributed by atoms with E-state index in [9.17, 15) is 9.59 Å². The third-order valence-electron chi connectivity index (χ3n) is 3.97. The summed E-state index contributed by atoms with van der Waals surface area (Å²) in [6.45, 7) is 5.69. The van der Waals surface area contributed by atoms with Gasteiger partial charge in [0.05, 0.1) is 10.9 Å². The van der Waals surface area contributed by atoms with Gasteiger partial charge in [-0.25, -0.2) is 9.78 Å². The number of aromatic amines is 1. The van der Waals surface area contributed by atoms with Crippen LogP contribution in [0.4, 0.5) is 0 Å². The van der Waals surface area contributed by atoms with Crippen molar-refractivity contribution in [2.45, 2.75) is 13.0 Å². The molecule has 0 bridgehead atoms. The number of fused-ring (bicyclic) bond motifs is 1. The van der Waals surface area contributed by atoms with Crippen LogP contribution in [-0.4, -0.2) is 22.5 Å². The number of ether oxygens (including phenoxy) is 2. The summed E-state index contributed by atoms with van der Waals surface area (Å²) in [7, 11) is 0. The highest BCUT2D eigenvalue weighted by Crippen LogP contribution is 2.16. The summed E-state index contributed by atoms with van der Waals surface area (Å²) in [5.74, 6) is 0.490. The third kappa shape index (κ3) is 4.73. The first-order chi connectivity index (χ1) is 13.6. The van der Waals surface area contributed by atoms with E-state index in [2.05, 4.69) is 16.5 Å². The van der Waals surface area contributed by atoms with E-state index in [-0.39, 0.29) is 5.56 Å². The maximum atomic E-state index is 12.1. The zero-order valence-electron chi connectivity index (χ0n) is 15.4. The van der Waals surface area contributed by atoms with Crippen LogP contribution in [-0.2, 0) is 9.53 Å². The molecule has 0 saturated carbocycles. The van der Waals surface area contributed by atoms with Crippen molar-refractivity contribution in [3.63, 3.8) is 0 Å². The van der Waals surface area contributed by atoms with E-state index in [0.717, 1.165) is 11.3 Å². The van der Waals surface area contributed by atoms with Crippen LogP contribution in [0.5, 0.6) is 5.75 Å². The fraction of sp³-hybridized carbons (Fsp3) is 0.136. The number of rotatable bonds is 7. The van der Waals surface area contributed by atoms with Gasteiger partial charge in [-0.05, 0) is 42.8 Å². The van der Waals surface area contributed by atoms with Crippen molar-refractivity contribution < 1.29 is 14.3 Å². The number of nitrogens with one attached hydrogen (secondary N) is 1. The van der Waals surface area contributed by atoms with Gasteiger partial charge in [-0.15, -0.1) is 0 Å². The molecule has 0 amide bonds. The molecule has 0 unspecified atom stereocenters. The summed E-state index contributed by atoms with van der Waals surface area (Å²) in [5.41, 5.74) is 1.11. The summed E-state index contributed by atoms with van der Waals surface area (Å²) in [4.78, 5) is 31.2. The molecule has 0 saturated heterocycles. The number of benzene rings is 2. The minimum absolute atomic E-state index is 0.266. The number of hydrogen-bond acceptors (Lipinski definition) is 5. The van der Waals surface area contributed by atoms with E-state index in [4.69, 9.17) is 9.47 Å². The highest BCUT2D eigenvalue weighted by molar-refractivity contribution is 5.87. The van der Waals surface area contributed by atoms with Crippen LogP contribution in [0.3, 0.4) is 0 Å². The minimum Gasteiger partial charge on any atom is -0.490 e. The molecule has 28 heavy (non-hydrogen) atoms. The smallest absolute Gasteiger partial charge is 0.331 e. The first-order valence-electron chi connectivity index (χ1n) is 8.78.